The zero-order valence-electron chi connectivity index (χ0n) is 10.8. The summed E-state index contributed by atoms with van der Waals surface area (Å²) in [5.41, 5.74) is 3.58. The van der Waals surface area contributed by atoms with Gasteiger partial charge < -0.3 is 4.74 Å². The maximum Gasteiger partial charge on any atom is 0.127 e. The summed E-state index contributed by atoms with van der Waals surface area (Å²) in [6, 6.07) is 11.9. The Balaban J connectivity index is 1.88. The molecule has 2 aromatic rings. The van der Waals surface area contributed by atoms with E-state index < -0.39 is 0 Å². The molecule has 3 nitrogen and oxygen atoms in total. The van der Waals surface area contributed by atoms with Gasteiger partial charge in [0.15, 0.2) is 0 Å². The molecular formula is C17H12N2O. The van der Waals surface area contributed by atoms with Gasteiger partial charge in [0.2, 0.25) is 0 Å². The van der Waals surface area contributed by atoms with Crippen molar-refractivity contribution in [3.63, 3.8) is 0 Å². The zero-order chi connectivity index (χ0) is 13.8. The van der Waals surface area contributed by atoms with Crippen molar-refractivity contribution in [2.24, 2.45) is 0 Å². The lowest BCUT2D eigenvalue weighted by molar-refractivity contribution is 0.351. The minimum absolute atomic E-state index is 0.542. The predicted molar refractivity (Wildman–Crippen MR) is 77.9 cm³/mol. The van der Waals surface area contributed by atoms with Gasteiger partial charge in [-0.15, -0.1) is 0 Å². The van der Waals surface area contributed by atoms with Gasteiger partial charge in [-0.3, -0.25) is 4.98 Å². The smallest absolute Gasteiger partial charge is 0.127 e. The lowest BCUT2D eigenvalue weighted by Crippen LogP contribution is -2.05. The van der Waals surface area contributed by atoms with Crippen LogP contribution in [-0.4, -0.2) is 11.6 Å². The van der Waals surface area contributed by atoms with Crippen molar-refractivity contribution in [3.05, 3.63) is 71.1 Å². The molecule has 0 bridgehead atoms. The molecule has 2 heterocycles. The fourth-order valence-corrected chi connectivity index (χ4v) is 2.07. The van der Waals surface area contributed by atoms with Crippen LogP contribution < -0.4 is 4.74 Å². The van der Waals surface area contributed by atoms with Crippen LogP contribution in [0.15, 0.2) is 54.4 Å². The molecule has 0 saturated carbocycles. The monoisotopic (exact) mass is 260 g/mol. The van der Waals surface area contributed by atoms with Gasteiger partial charge in [0.25, 0.3) is 0 Å². The van der Waals surface area contributed by atoms with Crippen LogP contribution >= 0.6 is 0 Å². The van der Waals surface area contributed by atoms with Crippen LogP contribution in [-0.2, 0) is 0 Å². The summed E-state index contributed by atoms with van der Waals surface area (Å²) in [5, 5.41) is 9.02. The number of hydrogen-bond acceptors (Lipinski definition) is 3. The Bertz CT molecular complexity index is 739. The minimum atomic E-state index is 0.542. The number of aromatic nitrogens is 1. The SMILES string of the molecule is N#Cc1cnccc1/C=C/C1=Cc2ccccc2OC1. The second-order valence-corrected chi connectivity index (χ2v) is 4.45. The lowest BCUT2D eigenvalue weighted by atomic mass is 10.1. The Morgan fingerprint density at radius 3 is 3.00 bits per heavy atom. The highest BCUT2D eigenvalue weighted by molar-refractivity contribution is 5.68. The summed E-state index contributed by atoms with van der Waals surface area (Å²) in [5.74, 6) is 0.909. The molecule has 0 aliphatic carbocycles. The molecule has 0 N–H and O–H groups in total. The average Bonchev–Trinajstić information content (AvgIpc) is 2.53. The van der Waals surface area contributed by atoms with Crippen molar-refractivity contribution in [2.45, 2.75) is 0 Å². The van der Waals surface area contributed by atoms with Gasteiger partial charge in [0.1, 0.15) is 18.4 Å². The van der Waals surface area contributed by atoms with E-state index in [0.29, 0.717) is 12.2 Å². The number of nitrogens with zero attached hydrogens (tertiary/aromatic N) is 2. The number of pyridine rings is 1. The van der Waals surface area contributed by atoms with E-state index in [4.69, 9.17) is 10.00 Å². The van der Waals surface area contributed by atoms with E-state index in [1.807, 2.05) is 42.5 Å². The number of hydrogen-bond donors (Lipinski definition) is 0. The molecule has 3 heteroatoms. The normalized spacial score (nSPS) is 13.2. The van der Waals surface area contributed by atoms with E-state index in [-0.39, 0.29) is 0 Å². The van der Waals surface area contributed by atoms with Crippen LogP contribution in [0.3, 0.4) is 0 Å². The van der Waals surface area contributed by atoms with Crippen molar-refractivity contribution in [2.75, 3.05) is 6.61 Å². The first-order valence-electron chi connectivity index (χ1n) is 6.31. The highest BCUT2D eigenvalue weighted by atomic mass is 16.5. The number of rotatable bonds is 2. The molecule has 96 valence electrons. The van der Waals surface area contributed by atoms with Crippen molar-refractivity contribution in [3.8, 4) is 11.8 Å². The Morgan fingerprint density at radius 2 is 2.10 bits per heavy atom. The van der Waals surface area contributed by atoms with E-state index in [9.17, 15) is 0 Å². The minimum Gasteiger partial charge on any atom is -0.488 e. The maximum absolute atomic E-state index is 9.02. The molecule has 1 aromatic carbocycles. The summed E-state index contributed by atoms with van der Waals surface area (Å²) >= 11 is 0. The molecule has 20 heavy (non-hydrogen) atoms. The third-order valence-corrected chi connectivity index (χ3v) is 3.11. The van der Waals surface area contributed by atoms with Crippen LogP contribution in [0.1, 0.15) is 16.7 Å². The predicted octanol–water partition coefficient (Wildman–Crippen LogP) is 3.44. The van der Waals surface area contributed by atoms with Gasteiger partial charge in [-0.1, -0.05) is 30.4 Å². The lowest BCUT2D eigenvalue weighted by Gasteiger charge is -2.15. The summed E-state index contributed by atoms with van der Waals surface area (Å²) in [6.07, 6.45) is 9.25. The molecule has 0 unspecified atom stereocenters. The van der Waals surface area contributed by atoms with E-state index in [0.717, 1.165) is 22.4 Å². The summed E-state index contributed by atoms with van der Waals surface area (Å²) in [6.45, 7) is 0.542. The molecule has 1 aliphatic heterocycles. The van der Waals surface area contributed by atoms with Crippen LogP contribution in [0.5, 0.6) is 5.75 Å². The molecule has 0 saturated heterocycles. The Hall–Kier alpha value is -2.86. The third kappa shape index (κ3) is 2.45. The summed E-state index contributed by atoms with van der Waals surface area (Å²) in [7, 11) is 0. The highest BCUT2D eigenvalue weighted by Gasteiger charge is 2.08. The Morgan fingerprint density at radius 1 is 1.20 bits per heavy atom. The van der Waals surface area contributed by atoms with Crippen molar-refractivity contribution < 1.29 is 4.74 Å². The highest BCUT2D eigenvalue weighted by Crippen LogP contribution is 2.26. The van der Waals surface area contributed by atoms with E-state index in [1.54, 1.807) is 12.4 Å². The van der Waals surface area contributed by atoms with E-state index >= 15 is 0 Å². The molecular weight excluding hydrogens is 248 g/mol. The van der Waals surface area contributed by atoms with Crippen LogP contribution in [0.25, 0.3) is 12.2 Å². The van der Waals surface area contributed by atoms with Crippen LogP contribution in [0.4, 0.5) is 0 Å². The molecule has 3 rings (SSSR count). The average molecular weight is 260 g/mol. The number of benzene rings is 1. The topological polar surface area (TPSA) is 45.9 Å². The number of ether oxygens (including phenoxy) is 1. The summed E-state index contributed by atoms with van der Waals surface area (Å²) < 4.78 is 5.68. The first kappa shape index (κ1) is 12.2. The zero-order valence-corrected chi connectivity index (χ0v) is 10.8. The molecule has 0 spiro atoms. The first-order chi connectivity index (χ1) is 9.86. The molecule has 0 atom stereocenters. The second-order valence-electron chi connectivity index (χ2n) is 4.45. The van der Waals surface area contributed by atoms with Crippen LogP contribution in [0.2, 0.25) is 0 Å². The first-order valence-corrected chi connectivity index (χ1v) is 6.31. The van der Waals surface area contributed by atoms with E-state index in [2.05, 4.69) is 17.1 Å². The maximum atomic E-state index is 9.02. The molecule has 0 fully saturated rings. The van der Waals surface area contributed by atoms with Crippen LogP contribution in [0, 0.1) is 11.3 Å². The van der Waals surface area contributed by atoms with Gasteiger partial charge >= 0.3 is 0 Å². The van der Waals surface area contributed by atoms with Gasteiger partial charge in [-0.05, 0) is 29.3 Å². The quantitative estimate of drug-likeness (QED) is 0.830. The van der Waals surface area contributed by atoms with Gasteiger partial charge in [-0.25, -0.2) is 0 Å². The van der Waals surface area contributed by atoms with Gasteiger partial charge in [-0.2, -0.15) is 5.26 Å². The fourth-order valence-electron chi connectivity index (χ4n) is 2.07. The number of para-hydroxylation sites is 1. The van der Waals surface area contributed by atoms with Gasteiger partial charge in [0.05, 0.1) is 5.56 Å². The largest absolute Gasteiger partial charge is 0.488 e. The number of nitriles is 1. The Labute approximate surface area is 117 Å². The second kappa shape index (κ2) is 5.41. The van der Waals surface area contributed by atoms with Gasteiger partial charge in [0, 0.05) is 18.0 Å². The Kier molecular flexibility index (Phi) is 3.30. The molecule has 1 aliphatic rings. The van der Waals surface area contributed by atoms with Crippen molar-refractivity contribution in [1.29, 1.82) is 5.26 Å². The summed E-state index contributed by atoms with van der Waals surface area (Å²) in [4.78, 5) is 3.94. The fraction of sp³-hybridized carbons (Fsp3) is 0.0588. The van der Waals surface area contributed by atoms with E-state index in [1.165, 1.54) is 0 Å². The van der Waals surface area contributed by atoms with Crippen molar-refractivity contribution in [1.82, 2.24) is 4.98 Å². The molecule has 0 amide bonds. The van der Waals surface area contributed by atoms with Crippen molar-refractivity contribution >= 4 is 12.2 Å². The third-order valence-electron chi connectivity index (χ3n) is 3.11. The molecule has 1 aromatic heterocycles. The molecule has 0 radical (unpaired) electrons. The standard InChI is InChI=1S/C17H12N2O/c18-10-16-11-19-8-7-14(16)6-5-13-9-15-3-1-2-4-17(15)20-12-13/h1-9,11H,12H2/b6-5+. The number of fused-ring (bicyclic) bond motifs is 1.